The molecule has 0 atom stereocenters. The number of benzene rings is 2. The van der Waals surface area contributed by atoms with Crippen molar-refractivity contribution in [3.63, 3.8) is 0 Å². The summed E-state index contributed by atoms with van der Waals surface area (Å²) in [7, 11) is 0. The van der Waals surface area contributed by atoms with Gasteiger partial charge in [-0.15, -0.1) is 0 Å². The second-order valence-corrected chi connectivity index (χ2v) is 8.47. The van der Waals surface area contributed by atoms with Gasteiger partial charge in [0.15, 0.2) is 6.61 Å². The van der Waals surface area contributed by atoms with Gasteiger partial charge in [-0.2, -0.15) is 0 Å². The second kappa shape index (κ2) is 10.6. The molecule has 30 heavy (non-hydrogen) atoms. The highest BCUT2D eigenvalue weighted by Gasteiger charge is 2.18. The molecule has 3 aromatic rings. The fourth-order valence-corrected chi connectivity index (χ4v) is 3.54. The standard InChI is InChI=1S/C24H26Cl2N2O2/c1-18(2)14-28(24(29)17-30-22-11-9-20(25)10-12-22)16-21-7-5-13-27(21)15-19-6-3-4-8-23(19)26/h3-13,18H,14-17H2,1-2H3. The Bertz CT molecular complexity index is 967. The summed E-state index contributed by atoms with van der Waals surface area (Å²) in [5, 5.41) is 1.37. The Labute approximate surface area is 188 Å². The highest BCUT2D eigenvalue weighted by atomic mass is 35.5. The van der Waals surface area contributed by atoms with Crippen LogP contribution in [0, 0.1) is 5.92 Å². The Morgan fingerprint density at radius 3 is 2.47 bits per heavy atom. The number of nitrogens with zero attached hydrogens (tertiary/aromatic N) is 2. The summed E-state index contributed by atoms with van der Waals surface area (Å²) < 4.78 is 7.80. The lowest BCUT2D eigenvalue weighted by Crippen LogP contribution is -2.37. The number of carbonyl (C=O) groups excluding carboxylic acids is 1. The molecule has 1 aromatic heterocycles. The number of aromatic nitrogens is 1. The first kappa shape index (κ1) is 22.3. The van der Waals surface area contributed by atoms with Gasteiger partial charge in [0.1, 0.15) is 5.75 Å². The third-order valence-corrected chi connectivity index (χ3v) is 5.31. The first-order valence-electron chi connectivity index (χ1n) is 9.96. The first-order chi connectivity index (χ1) is 14.4. The number of carbonyl (C=O) groups is 1. The largest absolute Gasteiger partial charge is 0.484 e. The number of ether oxygens (including phenoxy) is 1. The number of hydrogen-bond donors (Lipinski definition) is 0. The third-order valence-electron chi connectivity index (χ3n) is 4.69. The number of halogens is 2. The van der Waals surface area contributed by atoms with E-state index in [9.17, 15) is 4.79 Å². The van der Waals surface area contributed by atoms with Crippen molar-refractivity contribution in [3.05, 3.63) is 88.2 Å². The molecule has 158 valence electrons. The van der Waals surface area contributed by atoms with Crippen LogP contribution in [0.15, 0.2) is 66.9 Å². The summed E-state index contributed by atoms with van der Waals surface area (Å²) in [5.41, 5.74) is 2.10. The van der Waals surface area contributed by atoms with Crippen molar-refractivity contribution in [2.24, 2.45) is 5.92 Å². The first-order valence-corrected chi connectivity index (χ1v) is 10.7. The van der Waals surface area contributed by atoms with Gasteiger partial charge in [-0.25, -0.2) is 0 Å². The van der Waals surface area contributed by atoms with Crippen LogP contribution in [0.1, 0.15) is 25.1 Å². The van der Waals surface area contributed by atoms with E-state index < -0.39 is 0 Å². The predicted molar refractivity (Wildman–Crippen MR) is 122 cm³/mol. The highest BCUT2D eigenvalue weighted by Crippen LogP contribution is 2.19. The summed E-state index contributed by atoms with van der Waals surface area (Å²) in [5.74, 6) is 0.917. The van der Waals surface area contributed by atoms with Gasteiger partial charge in [0.25, 0.3) is 5.91 Å². The molecule has 0 N–H and O–H groups in total. The molecule has 0 aliphatic carbocycles. The van der Waals surface area contributed by atoms with E-state index in [4.69, 9.17) is 27.9 Å². The zero-order chi connectivity index (χ0) is 21.5. The average molecular weight is 445 g/mol. The van der Waals surface area contributed by atoms with Crippen LogP contribution in [0.3, 0.4) is 0 Å². The van der Waals surface area contributed by atoms with Crippen LogP contribution in [-0.4, -0.2) is 28.5 Å². The van der Waals surface area contributed by atoms with E-state index in [1.54, 1.807) is 24.3 Å². The molecule has 1 heterocycles. The summed E-state index contributed by atoms with van der Waals surface area (Å²) >= 11 is 12.2. The number of hydrogen-bond acceptors (Lipinski definition) is 2. The van der Waals surface area contributed by atoms with E-state index in [2.05, 4.69) is 18.4 Å². The Kier molecular flexibility index (Phi) is 7.83. The van der Waals surface area contributed by atoms with Crippen LogP contribution >= 0.6 is 23.2 Å². The SMILES string of the molecule is CC(C)CN(Cc1cccn1Cc1ccccc1Cl)C(=O)COc1ccc(Cl)cc1. The maximum absolute atomic E-state index is 12.9. The minimum Gasteiger partial charge on any atom is -0.484 e. The van der Waals surface area contributed by atoms with Crippen LogP contribution in [0.5, 0.6) is 5.75 Å². The molecule has 0 aliphatic heterocycles. The number of rotatable bonds is 9. The van der Waals surface area contributed by atoms with E-state index in [0.29, 0.717) is 36.3 Å². The molecule has 0 radical (unpaired) electrons. The van der Waals surface area contributed by atoms with Crippen molar-refractivity contribution in [2.45, 2.75) is 26.9 Å². The summed E-state index contributed by atoms with van der Waals surface area (Å²) in [6.07, 6.45) is 2.01. The lowest BCUT2D eigenvalue weighted by Gasteiger charge is -2.25. The van der Waals surface area contributed by atoms with Crippen LogP contribution < -0.4 is 4.74 Å². The average Bonchev–Trinajstić information content (AvgIpc) is 3.15. The molecular formula is C24H26Cl2N2O2. The van der Waals surface area contributed by atoms with Gasteiger partial charge in [0, 0.05) is 35.0 Å². The zero-order valence-electron chi connectivity index (χ0n) is 17.2. The quantitative estimate of drug-likeness (QED) is 0.411. The third kappa shape index (κ3) is 6.28. The Morgan fingerprint density at radius 2 is 1.77 bits per heavy atom. The van der Waals surface area contributed by atoms with Gasteiger partial charge >= 0.3 is 0 Å². The highest BCUT2D eigenvalue weighted by molar-refractivity contribution is 6.31. The van der Waals surface area contributed by atoms with Crippen molar-refractivity contribution >= 4 is 29.1 Å². The van der Waals surface area contributed by atoms with Gasteiger partial charge in [0.05, 0.1) is 6.54 Å². The molecule has 6 heteroatoms. The molecule has 0 saturated carbocycles. The summed E-state index contributed by atoms with van der Waals surface area (Å²) in [6.45, 7) is 6.01. The van der Waals surface area contributed by atoms with Crippen LogP contribution in [0.2, 0.25) is 10.0 Å². The van der Waals surface area contributed by atoms with Crippen molar-refractivity contribution in [1.29, 1.82) is 0 Å². The molecular weight excluding hydrogens is 419 g/mol. The van der Waals surface area contributed by atoms with Gasteiger partial charge in [0.2, 0.25) is 0 Å². The lowest BCUT2D eigenvalue weighted by atomic mass is 10.2. The van der Waals surface area contributed by atoms with E-state index in [0.717, 1.165) is 16.3 Å². The Morgan fingerprint density at radius 1 is 1.03 bits per heavy atom. The predicted octanol–water partition coefficient (Wildman–Crippen LogP) is 5.91. The normalized spacial score (nSPS) is 11.0. The Balaban J connectivity index is 1.69. The summed E-state index contributed by atoms with van der Waals surface area (Å²) in [4.78, 5) is 14.8. The molecule has 2 aromatic carbocycles. The van der Waals surface area contributed by atoms with E-state index >= 15 is 0 Å². The minimum absolute atomic E-state index is 0.0143. The van der Waals surface area contributed by atoms with Crippen molar-refractivity contribution < 1.29 is 9.53 Å². The van der Waals surface area contributed by atoms with Gasteiger partial charge in [-0.1, -0.05) is 55.2 Å². The van der Waals surface area contributed by atoms with Crippen LogP contribution in [0.25, 0.3) is 0 Å². The minimum atomic E-state index is -0.0517. The van der Waals surface area contributed by atoms with E-state index in [1.807, 2.05) is 47.5 Å². The van der Waals surface area contributed by atoms with Crippen molar-refractivity contribution in [1.82, 2.24) is 9.47 Å². The van der Waals surface area contributed by atoms with Crippen molar-refractivity contribution in [2.75, 3.05) is 13.2 Å². The molecule has 0 fully saturated rings. The Hall–Kier alpha value is -2.43. The molecule has 3 rings (SSSR count). The monoisotopic (exact) mass is 444 g/mol. The molecule has 0 unspecified atom stereocenters. The van der Waals surface area contributed by atoms with E-state index in [-0.39, 0.29) is 12.5 Å². The topological polar surface area (TPSA) is 34.5 Å². The van der Waals surface area contributed by atoms with E-state index in [1.165, 1.54) is 0 Å². The van der Waals surface area contributed by atoms with Gasteiger partial charge in [-0.3, -0.25) is 4.79 Å². The second-order valence-electron chi connectivity index (χ2n) is 7.63. The fraction of sp³-hybridized carbons (Fsp3) is 0.292. The zero-order valence-corrected chi connectivity index (χ0v) is 18.7. The molecule has 4 nitrogen and oxygen atoms in total. The maximum Gasteiger partial charge on any atom is 0.260 e. The summed E-state index contributed by atoms with van der Waals surface area (Å²) in [6, 6.07) is 18.9. The molecule has 0 aliphatic rings. The van der Waals surface area contributed by atoms with Gasteiger partial charge in [-0.05, 0) is 53.9 Å². The molecule has 1 amide bonds. The molecule has 0 bridgehead atoms. The van der Waals surface area contributed by atoms with Crippen LogP contribution in [0.4, 0.5) is 0 Å². The lowest BCUT2D eigenvalue weighted by molar-refractivity contribution is -0.134. The van der Waals surface area contributed by atoms with Gasteiger partial charge < -0.3 is 14.2 Å². The smallest absolute Gasteiger partial charge is 0.260 e. The number of amides is 1. The maximum atomic E-state index is 12.9. The molecule has 0 spiro atoms. The van der Waals surface area contributed by atoms with Crippen molar-refractivity contribution in [3.8, 4) is 5.75 Å². The van der Waals surface area contributed by atoms with Crippen LogP contribution in [-0.2, 0) is 17.9 Å². The molecule has 0 saturated heterocycles. The fourth-order valence-electron chi connectivity index (χ4n) is 3.22.